The van der Waals surface area contributed by atoms with Gasteiger partial charge in [0.2, 0.25) is 0 Å². The summed E-state index contributed by atoms with van der Waals surface area (Å²) < 4.78 is 0. The molecule has 25 heavy (non-hydrogen) atoms. The van der Waals surface area contributed by atoms with E-state index in [1.165, 1.54) is 0 Å². The Morgan fingerprint density at radius 2 is 2.12 bits per heavy atom. The summed E-state index contributed by atoms with van der Waals surface area (Å²) in [6.07, 6.45) is 4.67. The number of carbonyl (C=O) groups excluding carboxylic acids is 1. The molecule has 1 atom stereocenters. The van der Waals surface area contributed by atoms with E-state index in [9.17, 15) is 4.79 Å². The lowest BCUT2D eigenvalue weighted by Gasteiger charge is -2.32. The Kier molecular flexibility index (Phi) is 5.26. The van der Waals surface area contributed by atoms with E-state index in [2.05, 4.69) is 15.2 Å². The number of piperidine rings is 1. The fraction of sp³-hybridized carbons (Fsp3) is 0.474. The topological polar surface area (TPSA) is 62.2 Å². The number of aromatic nitrogens is 3. The van der Waals surface area contributed by atoms with Crippen molar-refractivity contribution in [2.24, 2.45) is 5.92 Å². The Morgan fingerprint density at radius 1 is 1.28 bits per heavy atom. The van der Waals surface area contributed by atoms with Gasteiger partial charge in [0.1, 0.15) is 5.69 Å². The lowest BCUT2D eigenvalue weighted by atomic mass is 9.93. The van der Waals surface area contributed by atoms with Gasteiger partial charge in [0, 0.05) is 33.4 Å². The minimum Gasteiger partial charge on any atom is -0.361 e. The van der Waals surface area contributed by atoms with Gasteiger partial charge in [-0.15, -0.1) is 5.10 Å². The first-order chi connectivity index (χ1) is 12.0. The van der Waals surface area contributed by atoms with Gasteiger partial charge in [-0.2, -0.15) is 5.10 Å². The third-order valence-corrected chi connectivity index (χ3v) is 4.68. The fourth-order valence-corrected chi connectivity index (χ4v) is 3.27. The van der Waals surface area contributed by atoms with Crippen LogP contribution in [0, 0.1) is 12.8 Å². The predicted octanol–water partition coefficient (Wildman–Crippen LogP) is 2.34. The van der Waals surface area contributed by atoms with Crippen molar-refractivity contribution in [1.29, 1.82) is 0 Å². The van der Waals surface area contributed by atoms with Gasteiger partial charge in [-0.1, -0.05) is 6.07 Å². The zero-order valence-electron chi connectivity index (χ0n) is 15.1. The van der Waals surface area contributed by atoms with E-state index in [-0.39, 0.29) is 5.91 Å². The molecular weight excluding hydrogens is 314 g/mol. The Labute approximate surface area is 148 Å². The molecule has 0 aromatic carbocycles. The van der Waals surface area contributed by atoms with Gasteiger partial charge in [0.15, 0.2) is 5.82 Å². The molecular formula is C19H25N5O. The van der Waals surface area contributed by atoms with Crippen molar-refractivity contribution in [3.63, 3.8) is 0 Å². The maximum Gasteiger partial charge on any atom is 0.272 e. The van der Waals surface area contributed by atoms with Crippen LogP contribution in [0.25, 0.3) is 0 Å². The number of hydrogen-bond donors (Lipinski definition) is 0. The van der Waals surface area contributed by atoms with Gasteiger partial charge in [0.25, 0.3) is 5.91 Å². The molecule has 0 N–H and O–H groups in total. The minimum atomic E-state index is 0.0387. The molecule has 0 spiro atoms. The highest BCUT2D eigenvalue weighted by Gasteiger charge is 2.26. The van der Waals surface area contributed by atoms with Crippen LogP contribution in [0.2, 0.25) is 0 Å². The minimum absolute atomic E-state index is 0.0387. The molecule has 6 nitrogen and oxygen atoms in total. The normalized spacial score (nSPS) is 17.4. The highest BCUT2D eigenvalue weighted by atomic mass is 16.2. The number of amides is 1. The zero-order chi connectivity index (χ0) is 17.8. The molecule has 2 aromatic rings. The summed E-state index contributed by atoms with van der Waals surface area (Å²) in [6.45, 7) is 3.49. The standard InChI is InChI=1S/C19H25N5O/c1-14-6-4-10-20-18(14)19(25)24-11-5-7-15(13-24)12-16-8-9-17(22-21-16)23(2)3/h4,6,8-10,15H,5,7,11-13H2,1-3H3. The molecule has 3 heterocycles. The number of carbonyl (C=O) groups is 1. The molecule has 1 unspecified atom stereocenters. The fourth-order valence-electron chi connectivity index (χ4n) is 3.27. The Balaban J connectivity index is 1.65. The molecule has 132 valence electrons. The van der Waals surface area contributed by atoms with Crippen LogP contribution in [0.1, 0.15) is 34.6 Å². The molecule has 0 saturated carbocycles. The summed E-state index contributed by atoms with van der Waals surface area (Å²) in [5.74, 6) is 1.31. The number of hydrogen-bond acceptors (Lipinski definition) is 5. The van der Waals surface area contributed by atoms with Gasteiger partial charge in [0.05, 0.1) is 5.69 Å². The van der Waals surface area contributed by atoms with E-state index in [0.29, 0.717) is 11.6 Å². The second-order valence-electron chi connectivity index (χ2n) is 6.91. The van der Waals surface area contributed by atoms with Crippen LogP contribution in [0.15, 0.2) is 30.5 Å². The van der Waals surface area contributed by atoms with Crippen molar-refractivity contribution in [2.45, 2.75) is 26.2 Å². The van der Waals surface area contributed by atoms with Gasteiger partial charge >= 0.3 is 0 Å². The molecule has 0 bridgehead atoms. The summed E-state index contributed by atoms with van der Waals surface area (Å²) in [4.78, 5) is 20.9. The number of nitrogens with zero attached hydrogens (tertiary/aromatic N) is 5. The van der Waals surface area contributed by atoms with Crippen LogP contribution in [0.3, 0.4) is 0 Å². The summed E-state index contributed by atoms with van der Waals surface area (Å²) in [5.41, 5.74) is 2.48. The quantitative estimate of drug-likeness (QED) is 0.855. The van der Waals surface area contributed by atoms with Crippen molar-refractivity contribution in [1.82, 2.24) is 20.1 Å². The largest absolute Gasteiger partial charge is 0.361 e. The van der Waals surface area contributed by atoms with Crippen molar-refractivity contribution in [3.8, 4) is 0 Å². The molecule has 1 aliphatic heterocycles. The maximum absolute atomic E-state index is 12.8. The van der Waals surface area contributed by atoms with Crippen molar-refractivity contribution < 1.29 is 4.79 Å². The third kappa shape index (κ3) is 4.13. The van der Waals surface area contributed by atoms with Gasteiger partial charge in [-0.3, -0.25) is 9.78 Å². The van der Waals surface area contributed by atoms with Crippen LogP contribution in [-0.2, 0) is 6.42 Å². The SMILES string of the molecule is Cc1cccnc1C(=O)N1CCCC(Cc2ccc(N(C)C)nn2)C1. The first-order valence-electron chi connectivity index (χ1n) is 8.75. The molecule has 1 saturated heterocycles. The Hall–Kier alpha value is -2.50. The summed E-state index contributed by atoms with van der Waals surface area (Å²) in [6, 6.07) is 7.82. The van der Waals surface area contributed by atoms with E-state index in [0.717, 1.165) is 49.4 Å². The molecule has 2 aromatic heterocycles. The van der Waals surface area contributed by atoms with Crippen molar-refractivity contribution in [2.75, 3.05) is 32.1 Å². The molecule has 1 fully saturated rings. The summed E-state index contributed by atoms with van der Waals surface area (Å²) in [5, 5.41) is 8.57. The van der Waals surface area contributed by atoms with Gasteiger partial charge in [-0.25, -0.2) is 0 Å². The van der Waals surface area contributed by atoms with Crippen molar-refractivity contribution in [3.05, 3.63) is 47.4 Å². The average Bonchev–Trinajstić information content (AvgIpc) is 2.62. The lowest BCUT2D eigenvalue weighted by Crippen LogP contribution is -2.41. The molecule has 1 aliphatic rings. The third-order valence-electron chi connectivity index (χ3n) is 4.68. The number of rotatable bonds is 4. The number of anilines is 1. The highest BCUT2D eigenvalue weighted by Crippen LogP contribution is 2.22. The first kappa shape index (κ1) is 17.3. The van der Waals surface area contributed by atoms with Gasteiger partial charge in [-0.05, 0) is 55.9 Å². The van der Waals surface area contributed by atoms with Gasteiger partial charge < -0.3 is 9.80 Å². The first-order valence-corrected chi connectivity index (χ1v) is 8.75. The molecule has 1 amide bonds. The van der Waals surface area contributed by atoms with E-state index < -0.39 is 0 Å². The van der Waals surface area contributed by atoms with Crippen molar-refractivity contribution >= 4 is 11.7 Å². The average molecular weight is 339 g/mol. The van der Waals surface area contributed by atoms with Crippen LogP contribution in [-0.4, -0.2) is 53.2 Å². The number of aryl methyl sites for hydroxylation is 1. The van der Waals surface area contributed by atoms with E-state index in [1.807, 2.05) is 55.1 Å². The monoisotopic (exact) mass is 339 g/mol. The lowest BCUT2D eigenvalue weighted by molar-refractivity contribution is 0.0666. The van der Waals surface area contributed by atoms with E-state index in [1.54, 1.807) is 6.20 Å². The smallest absolute Gasteiger partial charge is 0.272 e. The number of likely N-dealkylation sites (tertiary alicyclic amines) is 1. The second kappa shape index (κ2) is 7.59. The highest BCUT2D eigenvalue weighted by molar-refractivity contribution is 5.93. The van der Waals surface area contributed by atoms with Crippen LogP contribution in [0.5, 0.6) is 0 Å². The summed E-state index contributed by atoms with van der Waals surface area (Å²) in [7, 11) is 3.90. The maximum atomic E-state index is 12.8. The molecule has 0 radical (unpaired) electrons. The Morgan fingerprint density at radius 3 is 2.80 bits per heavy atom. The zero-order valence-corrected chi connectivity index (χ0v) is 15.1. The molecule has 6 heteroatoms. The summed E-state index contributed by atoms with van der Waals surface area (Å²) >= 11 is 0. The van der Waals surface area contributed by atoms with E-state index >= 15 is 0 Å². The molecule has 3 rings (SSSR count). The Bertz CT molecular complexity index is 729. The van der Waals surface area contributed by atoms with Crippen LogP contribution >= 0.6 is 0 Å². The predicted molar refractivity (Wildman–Crippen MR) is 97.7 cm³/mol. The second-order valence-corrected chi connectivity index (χ2v) is 6.91. The molecule has 0 aliphatic carbocycles. The number of pyridine rings is 1. The van der Waals surface area contributed by atoms with Crippen LogP contribution < -0.4 is 4.90 Å². The van der Waals surface area contributed by atoms with Crippen LogP contribution in [0.4, 0.5) is 5.82 Å². The van der Waals surface area contributed by atoms with E-state index in [4.69, 9.17) is 0 Å².